The molecular weight excluding hydrogens is 260 g/mol. The van der Waals surface area contributed by atoms with Crippen LogP contribution < -0.4 is 0 Å². The maximum Gasteiger partial charge on any atom is 0.320 e. The molecule has 2 aliphatic rings. The molecule has 6 heteroatoms. The minimum Gasteiger partial charge on any atom is -0.481 e. The molecule has 0 radical (unpaired) electrons. The monoisotopic (exact) mass is 284 g/mol. The van der Waals surface area contributed by atoms with Crippen LogP contribution in [0.1, 0.15) is 39.0 Å². The van der Waals surface area contributed by atoms with Crippen molar-refractivity contribution < 1.29 is 19.4 Å². The number of amides is 2. The zero-order valence-electron chi connectivity index (χ0n) is 12.1. The Labute approximate surface area is 119 Å². The molecule has 2 atom stereocenters. The van der Waals surface area contributed by atoms with Gasteiger partial charge in [0, 0.05) is 19.1 Å². The Balaban J connectivity index is 2.05. The van der Waals surface area contributed by atoms with E-state index >= 15 is 0 Å². The number of urea groups is 1. The van der Waals surface area contributed by atoms with E-state index in [9.17, 15) is 9.59 Å². The quantitative estimate of drug-likeness (QED) is 0.853. The van der Waals surface area contributed by atoms with Gasteiger partial charge in [-0.3, -0.25) is 4.79 Å². The Hall–Kier alpha value is -1.30. The van der Waals surface area contributed by atoms with Crippen molar-refractivity contribution in [1.82, 2.24) is 9.80 Å². The predicted molar refractivity (Wildman–Crippen MR) is 73.6 cm³/mol. The highest BCUT2D eigenvalue weighted by Crippen LogP contribution is 2.23. The summed E-state index contributed by atoms with van der Waals surface area (Å²) in [6.45, 7) is 4.47. The van der Waals surface area contributed by atoms with Crippen LogP contribution in [0, 0.1) is 0 Å². The molecule has 2 aliphatic heterocycles. The minimum absolute atomic E-state index is 0.00824. The molecule has 2 fully saturated rings. The first-order valence-electron chi connectivity index (χ1n) is 7.50. The molecule has 0 saturated carbocycles. The Kier molecular flexibility index (Phi) is 5.23. The van der Waals surface area contributed by atoms with E-state index in [1.165, 1.54) is 0 Å². The van der Waals surface area contributed by atoms with Gasteiger partial charge in [-0.05, 0) is 25.7 Å². The fraction of sp³-hybridized carbons (Fsp3) is 0.857. The van der Waals surface area contributed by atoms with Crippen LogP contribution in [0.15, 0.2) is 0 Å². The molecule has 20 heavy (non-hydrogen) atoms. The van der Waals surface area contributed by atoms with Gasteiger partial charge >= 0.3 is 12.0 Å². The SMILES string of the molecule is CCC1COCCN1C(=O)N1CCCCC1CC(=O)O. The molecule has 114 valence electrons. The third-order valence-electron chi connectivity index (χ3n) is 4.23. The van der Waals surface area contributed by atoms with Gasteiger partial charge < -0.3 is 19.6 Å². The second-order valence-electron chi connectivity index (χ2n) is 5.55. The fourth-order valence-corrected chi connectivity index (χ4v) is 3.08. The van der Waals surface area contributed by atoms with Crippen molar-refractivity contribution in [3.63, 3.8) is 0 Å². The Morgan fingerprint density at radius 3 is 2.65 bits per heavy atom. The second kappa shape index (κ2) is 6.92. The number of carboxylic acids is 1. The standard InChI is InChI=1S/C14H24N2O4/c1-2-11-10-20-8-7-16(11)14(19)15-6-4-3-5-12(15)9-13(17)18/h11-12H,2-10H2,1H3,(H,17,18). The third-order valence-corrected chi connectivity index (χ3v) is 4.23. The minimum atomic E-state index is -0.830. The van der Waals surface area contributed by atoms with Gasteiger partial charge in [0.05, 0.1) is 25.7 Å². The van der Waals surface area contributed by atoms with Crippen molar-refractivity contribution in [2.24, 2.45) is 0 Å². The van der Waals surface area contributed by atoms with E-state index < -0.39 is 5.97 Å². The number of aliphatic carboxylic acids is 1. The van der Waals surface area contributed by atoms with Gasteiger partial charge in [0.2, 0.25) is 0 Å². The molecule has 0 aliphatic carbocycles. The molecular formula is C14H24N2O4. The maximum atomic E-state index is 12.7. The number of rotatable bonds is 3. The summed E-state index contributed by atoms with van der Waals surface area (Å²) in [5.41, 5.74) is 0. The number of carbonyl (C=O) groups excluding carboxylic acids is 1. The van der Waals surface area contributed by atoms with Crippen molar-refractivity contribution in [2.75, 3.05) is 26.3 Å². The summed E-state index contributed by atoms with van der Waals surface area (Å²) in [5, 5.41) is 9.00. The Morgan fingerprint density at radius 2 is 1.95 bits per heavy atom. The summed E-state index contributed by atoms with van der Waals surface area (Å²) in [7, 11) is 0. The van der Waals surface area contributed by atoms with Crippen molar-refractivity contribution in [1.29, 1.82) is 0 Å². The first-order chi connectivity index (χ1) is 9.63. The average Bonchev–Trinajstić information content (AvgIpc) is 2.46. The number of carboxylic acid groups (broad SMARTS) is 1. The number of likely N-dealkylation sites (tertiary alicyclic amines) is 1. The van der Waals surface area contributed by atoms with Crippen LogP contribution in [0.3, 0.4) is 0 Å². The van der Waals surface area contributed by atoms with Crippen LogP contribution in [-0.2, 0) is 9.53 Å². The molecule has 0 aromatic rings. The summed E-state index contributed by atoms with van der Waals surface area (Å²) < 4.78 is 5.43. The van der Waals surface area contributed by atoms with Gasteiger partial charge in [-0.25, -0.2) is 4.79 Å². The van der Waals surface area contributed by atoms with Crippen molar-refractivity contribution in [3.05, 3.63) is 0 Å². The second-order valence-corrected chi connectivity index (χ2v) is 5.55. The van der Waals surface area contributed by atoms with Crippen molar-refractivity contribution in [2.45, 2.75) is 51.1 Å². The average molecular weight is 284 g/mol. The largest absolute Gasteiger partial charge is 0.481 e. The van der Waals surface area contributed by atoms with Gasteiger partial charge in [-0.1, -0.05) is 6.92 Å². The maximum absolute atomic E-state index is 12.7. The number of morpholine rings is 1. The number of hydrogen-bond acceptors (Lipinski definition) is 3. The Morgan fingerprint density at radius 1 is 1.20 bits per heavy atom. The van der Waals surface area contributed by atoms with Gasteiger partial charge in [0.1, 0.15) is 0 Å². The predicted octanol–water partition coefficient (Wildman–Crippen LogP) is 1.55. The number of hydrogen-bond donors (Lipinski definition) is 1. The molecule has 2 amide bonds. The molecule has 0 bridgehead atoms. The van der Waals surface area contributed by atoms with Crippen molar-refractivity contribution in [3.8, 4) is 0 Å². The number of nitrogens with zero attached hydrogens (tertiary/aromatic N) is 2. The van der Waals surface area contributed by atoms with Gasteiger partial charge in [-0.15, -0.1) is 0 Å². The van der Waals surface area contributed by atoms with Crippen LogP contribution in [0.4, 0.5) is 4.79 Å². The topological polar surface area (TPSA) is 70.1 Å². The summed E-state index contributed by atoms with van der Waals surface area (Å²) in [6.07, 6.45) is 3.67. The summed E-state index contributed by atoms with van der Waals surface area (Å²) in [4.78, 5) is 27.3. The Bertz CT molecular complexity index is 361. The number of piperidine rings is 1. The van der Waals surface area contributed by atoms with Crippen LogP contribution in [-0.4, -0.2) is 65.3 Å². The first kappa shape index (κ1) is 15.1. The molecule has 2 rings (SSSR count). The van der Waals surface area contributed by atoms with E-state index in [0.29, 0.717) is 26.3 Å². The molecule has 6 nitrogen and oxygen atoms in total. The molecule has 0 aromatic carbocycles. The lowest BCUT2D eigenvalue weighted by Crippen LogP contribution is -2.57. The number of ether oxygens (including phenoxy) is 1. The molecule has 0 spiro atoms. The molecule has 1 N–H and O–H groups in total. The lowest BCUT2D eigenvalue weighted by Gasteiger charge is -2.42. The van der Waals surface area contributed by atoms with E-state index in [1.54, 1.807) is 4.90 Å². The third kappa shape index (κ3) is 3.42. The molecule has 2 unspecified atom stereocenters. The van der Waals surface area contributed by atoms with E-state index in [1.807, 2.05) is 11.8 Å². The zero-order valence-corrected chi connectivity index (χ0v) is 12.1. The normalized spacial score (nSPS) is 27.4. The molecule has 0 aromatic heterocycles. The van der Waals surface area contributed by atoms with E-state index in [2.05, 4.69) is 0 Å². The van der Waals surface area contributed by atoms with E-state index in [4.69, 9.17) is 9.84 Å². The summed E-state index contributed by atoms with van der Waals surface area (Å²) in [6, 6.07) is -0.0520. The van der Waals surface area contributed by atoms with Gasteiger partial charge in [0.25, 0.3) is 0 Å². The lowest BCUT2D eigenvalue weighted by molar-refractivity contribution is -0.138. The van der Waals surface area contributed by atoms with Crippen LogP contribution in [0.25, 0.3) is 0 Å². The molecule has 2 heterocycles. The lowest BCUT2D eigenvalue weighted by atomic mass is 9.99. The highest BCUT2D eigenvalue weighted by atomic mass is 16.5. The summed E-state index contributed by atoms with van der Waals surface area (Å²) >= 11 is 0. The van der Waals surface area contributed by atoms with Crippen LogP contribution in [0.2, 0.25) is 0 Å². The number of carbonyl (C=O) groups is 2. The molecule has 2 saturated heterocycles. The van der Waals surface area contributed by atoms with Crippen LogP contribution in [0.5, 0.6) is 0 Å². The smallest absolute Gasteiger partial charge is 0.320 e. The van der Waals surface area contributed by atoms with Gasteiger partial charge in [-0.2, -0.15) is 0 Å². The van der Waals surface area contributed by atoms with E-state index in [0.717, 1.165) is 25.7 Å². The van der Waals surface area contributed by atoms with Crippen LogP contribution >= 0.6 is 0 Å². The highest BCUT2D eigenvalue weighted by molar-refractivity contribution is 5.76. The van der Waals surface area contributed by atoms with E-state index in [-0.39, 0.29) is 24.5 Å². The van der Waals surface area contributed by atoms with Gasteiger partial charge in [0.15, 0.2) is 0 Å². The van der Waals surface area contributed by atoms with Crippen molar-refractivity contribution >= 4 is 12.0 Å². The fourth-order valence-electron chi connectivity index (χ4n) is 3.08. The first-order valence-corrected chi connectivity index (χ1v) is 7.50. The zero-order chi connectivity index (χ0) is 14.5. The summed E-state index contributed by atoms with van der Waals surface area (Å²) in [5.74, 6) is -0.830. The highest BCUT2D eigenvalue weighted by Gasteiger charge is 2.34.